The molecule has 0 unspecified atom stereocenters. The summed E-state index contributed by atoms with van der Waals surface area (Å²) in [4.78, 5) is 10.4. The molecular formula is C12H14N4O2. The minimum atomic E-state index is -0.395. The number of nitro benzene ring substituents is 1. The van der Waals surface area contributed by atoms with Gasteiger partial charge < -0.3 is 5.32 Å². The maximum Gasteiger partial charge on any atom is 0.292 e. The van der Waals surface area contributed by atoms with Crippen LogP contribution in [-0.4, -0.2) is 21.8 Å². The van der Waals surface area contributed by atoms with Crippen LogP contribution < -0.4 is 5.32 Å². The van der Waals surface area contributed by atoms with Gasteiger partial charge in [0.05, 0.1) is 17.2 Å². The molecule has 1 aromatic heterocycles. The number of nitrogens with one attached hydrogen (secondary N) is 1. The van der Waals surface area contributed by atoms with Gasteiger partial charge in [-0.25, -0.2) is 0 Å². The van der Waals surface area contributed by atoms with Gasteiger partial charge in [-0.1, -0.05) is 6.07 Å². The van der Waals surface area contributed by atoms with Gasteiger partial charge in [0.25, 0.3) is 5.69 Å². The first-order chi connectivity index (χ1) is 8.60. The van der Waals surface area contributed by atoms with Crippen LogP contribution in [-0.2, 0) is 6.54 Å². The molecule has 0 saturated carbocycles. The van der Waals surface area contributed by atoms with E-state index in [2.05, 4.69) is 10.4 Å². The molecule has 0 radical (unpaired) electrons. The molecule has 1 heterocycles. The third-order valence-electron chi connectivity index (χ3n) is 2.65. The standard InChI is InChI=1S/C12H14N4O2/c1-9-5-6-15(14-9)8-10-3-4-12(16(17)18)11(7-10)13-2/h3-7,13H,8H2,1-2H3. The van der Waals surface area contributed by atoms with E-state index in [-0.39, 0.29) is 5.69 Å². The molecule has 0 fully saturated rings. The van der Waals surface area contributed by atoms with Gasteiger partial charge in [-0.2, -0.15) is 5.10 Å². The third kappa shape index (κ3) is 2.48. The summed E-state index contributed by atoms with van der Waals surface area (Å²) in [7, 11) is 1.67. The van der Waals surface area contributed by atoms with Crippen molar-refractivity contribution in [2.75, 3.05) is 12.4 Å². The summed E-state index contributed by atoms with van der Waals surface area (Å²) < 4.78 is 1.80. The molecule has 0 saturated heterocycles. The Hall–Kier alpha value is -2.37. The van der Waals surface area contributed by atoms with E-state index in [1.807, 2.05) is 19.2 Å². The Bertz CT molecular complexity index is 577. The first-order valence-electron chi connectivity index (χ1n) is 5.55. The highest BCUT2D eigenvalue weighted by Gasteiger charge is 2.12. The predicted molar refractivity (Wildman–Crippen MR) is 68.7 cm³/mol. The average molecular weight is 246 g/mol. The fourth-order valence-corrected chi connectivity index (χ4v) is 1.78. The van der Waals surface area contributed by atoms with Crippen LogP contribution in [0.25, 0.3) is 0 Å². The van der Waals surface area contributed by atoms with Gasteiger partial charge in [-0.3, -0.25) is 14.8 Å². The summed E-state index contributed by atoms with van der Waals surface area (Å²) in [5.74, 6) is 0. The molecular weight excluding hydrogens is 232 g/mol. The quantitative estimate of drug-likeness (QED) is 0.663. The number of rotatable bonds is 4. The summed E-state index contributed by atoms with van der Waals surface area (Å²) in [6.07, 6.45) is 1.88. The number of aryl methyl sites for hydroxylation is 1. The van der Waals surface area contributed by atoms with Crippen LogP contribution in [0.2, 0.25) is 0 Å². The van der Waals surface area contributed by atoms with E-state index in [1.165, 1.54) is 6.07 Å². The van der Waals surface area contributed by atoms with Crippen LogP contribution >= 0.6 is 0 Å². The molecule has 0 aliphatic carbocycles. The lowest BCUT2D eigenvalue weighted by molar-refractivity contribution is -0.383. The first-order valence-corrected chi connectivity index (χ1v) is 5.55. The Morgan fingerprint density at radius 3 is 2.78 bits per heavy atom. The van der Waals surface area contributed by atoms with Crippen LogP contribution in [0, 0.1) is 17.0 Å². The number of hydrogen-bond donors (Lipinski definition) is 1. The second-order valence-electron chi connectivity index (χ2n) is 4.01. The molecule has 6 nitrogen and oxygen atoms in total. The smallest absolute Gasteiger partial charge is 0.292 e. The van der Waals surface area contributed by atoms with Gasteiger partial charge in [0.2, 0.25) is 0 Å². The Labute approximate surface area is 104 Å². The fourth-order valence-electron chi connectivity index (χ4n) is 1.78. The Balaban J connectivity index is 2.27. The second kappa shape index (κ2) is 4.87. The highest BCUT2D eigenvalue weighted by molar-refractivity contribution is 5.62. The van der Waals surface area contributed by atoms with E-state index in [1.54, 1.807) is 23.9 Å². The minimum absolute atomic E-state index is 0.0814. The largest absolute Gasteiger partial charge is 0.383 e. The zero-order valence-electron chi connectivity index (χ0n) is 10.3. The van der Waals surface area contributed by atoms with Crippen LogP contribution in [0.3, 0.4) is 0 Å². The number of aromatic nitrogens is 2. The lowest BCUT2D eigenvalue weighted by Crippen LogP contribution is -2.03. The minimum Gasteiger partial charge on any atom is -0.383 e. The summed E-state index contributed by atoms with van der Waals surface area (Å²) >= 11 is 0. The zero-order chi connectivity index (χ0) is 13.1. The number of anilines is 1. The Morgan fingerprint density at radius 2 is 2.22 bits per heavy atom. The normalized spacial score (nSPS) is 10.3. The predicted octanol–water partition coefficient (Wildman–Crippen LogP) is 2.19. The van der Waals surface area contributed by atoms with Crippen molar-refractivity contribution in [1.82, 2.24) is 9.78 Å². The van der Waals surface area contributed by atoms with Gasteiger partial charge in [-0.15, -0.1) is 0 Å². The molecule has 18 heavy (non-hydrogen) atoms. The molecule has 0 bridgehead atoms. The van der Waals surface area contributed by atoms with Crippen molar-refractivity contribution in [2.45, 2.75) is 13.5 Å². The Kier molecular flexibility index (Phi) is 3.27. The molecule has 94 valence electrons. The van der Waals surface area contributed by atoms with Gasteiger partial charge in [0.1, 0.15) is 5.69 Å². The van der Waals surface area contributed by atoms with E-state index in [4.69, 9.17) is 0 Å². The third-order valence-corrected chi connectivity index (χ3v) is 2.65. The van der Waals surface area contributed by atoms with Crippen molar-refractivity contribution in [3.8, 4) is 0 Å². The van der Waals surface area contributed by atoms with Gasteiger partial charge >= 0.3 is 0 Å². The summed E-state index contributed by atoms with van der Waals surface area (Å²) in [5.41, 5.74) is 2.51. The zero-order valence-corrected chi connectivity index (χ0v) is 10.3. The molecule has 6 heteroatoms. The maximum absolute atomic E-state index is 10.8. The fraction of sp³-hybridized carbons (Fsp3) is 0.250. The van der Waals surface area contributed by atoms with E-state index in [9.17, 15) is 10.1 Å². The van der Waals surface area contributed by atoms with Crippen molar-refractivity contribution in [3.05, 3.63) is 51.8 Å². The lowest BCUT2D eigenvalue weighted by Gasteiger charge is -2.06. The molecule has 1 aromatic carbocycles. The van der Waals surface area contributed by atoms with E-state index < -0.39 is 4.92 Å². The van der Waals surface area contributed by atoms with Crippen LogP contribution in [0.1, 0.15) is 11.3 Å². The first kappa shape index (κ1) is 12.1. The van der Waals surface area contributed by atoms with Crippen molar-refractivity contribution in [1.29, 1.82) is 0 Å². The number of hydrogen-bond acceptors (Lipinski definition) is 4. The van der Waals surface area contributed by atoms with Crippen LogP contribution in [0.5, 0.6) is 0 Å². The topological polar surface area (TPSA) is 73.0 Å². The molecule has 0 amide bonds. The second-order valence-corrected chi connectivity index (χ2v) is 4.01. The Morgan fingerprint density at radius 1 is 1.44 bits per heavy atom. The van der Waals surface area contributed by atoms with Crippen molar-refractivity contribution in [3.63, 3.8) is 0 Å². The van der Waals surface area contributed by atoms with E-state index in [0.29, 0.717) is 12.2 Å². The molecule has 0 aliphatic rings. The van der Waals surface area contributed by atoms with Crippen molar-refractivity contribution in [2.24, 2.45) is 0 Å². The van der Waals surface area contributed by atoms with Gasteiger partial charge in [0.15, 0.2) is 0 Å². The van der Waals surface area contributed by atoms with Crippen molar-refractivity contribution < 1.29 is 4.92 Å². The molecule has 2 rings (SSSR count). The lowest BCUT2D eigenvalue weighted by atomic mass is 10.1. The molecule has 1 N–H and O–H groups in total. The summed E-state index contributed by atoms with van der Waals surface area (Å²) in [6, 6.07) is 6.95. The SMILES string of the molecule is CNc1cc(Cn2ccc(C)n2)ccc1[N+](=O)[O-]. The maximum atomic E-state index is 10.8. The van der Waals surface area contributed by atoms with Crippen molar-refractivity contribution >= 4 is 11.4 Å². The summed E-state index contributed by atoms with van der Waals surface area (Å²) in [5, 5.41) is 17.9. The number of nitrogens with zero attached hydrogens (tertiary/aromatic N) is 3. The molecule has 0 atom stereocenters. The molecule has 0 aliphatic heterocycles. The highest BCUT2D eigenvalue weighted by atomic mass is 16.6. The summed E-state index contributed by atoms with van der Waals surface area (Å²) in [6.45, 7) is 2.52. The molecule has 0 spiro atoms. The molecule has 2 aromatic rings. The van der Waals surface area contributed by atoms with Gasteiger partial charge in [0, 0.05) is 19.3 Å². The highest BCUT2D eigenvalue weighted by Crippen LogP contribution is 2.25. The van der Waals surface area contributed by atoms with Crippen LogP contribution in [0.15, 0.2) is 30.5 Å². The monoisotopic (exact) mass is 246 g/mol. The average Bonchev–Trinajstić information content (AvgIpc) is 2.74. The van der Waals surface area contributed by atoms with Gasteiger partial charge in [-0.05, 0) is 24.6 Å². The number of nitro groups is 1. The van der Waals surface area contributed by atoms with E-state index >= 15 is 0 Å². The number of benzene rings is 1. The van der Waals surface area contributed by atoms with E-state index in [0.717, 1.165) is 11.3 Å². The van der Waals surface area contributed by atoms with Crippen LogP contribution in [0.4, 0.5) is 11.4 Å².